The van der Waals surface area contributed by atoms with E-state index in [1.54, 1.807) is 0 Å². The van der Waals surface area contributed by atoms with Gasteiger partial charge < -0.3 is 19.1 Å². The highest BCUT2D eigenvalue weighted by atomic mass is 16.7. The molecular formula is C22H33NO4. The second-order valence-electron chi connectivity index (χ2n) is 9.81. The van der Waals surface area contributed by atoms with Crippen molar-refractivity contribution in [2.45, 2.75) is 63.8 Å². The van der Waals surface area contributed by atoms with Gasteiger partial charge in [0.05, 0.1) is 19.1 Å². The van der Waals surface area contributed by atoms with Crippen molar-refractivity contribution >= 4 is 5.97 Å². The number of piperidine rings is 1. The van der Waals surface area contributed by atoms with Crippen molar-refractivity contribution in [2.24, 2.45) is 23.2 Å². The Hall–Kier alpha value is -0.910. The van der Waals surface area contributed by atoms with Gasteiger partial charge in [0.25, 0.3) is 0 Å². The van der Waals surface area contributed by atoms with Crippen LogP contribution in [0.25, 0.3) is 0 Å². The van der Waals surface area contributed by atoms with Crippen molar-refractivity contribution in [3.63, 3.8) is 0 Å². The lowest BCUT2D eigenvalue weighted by Gasteiger charge is -2.50. The summed E-state index contributed by atoms with van der Waals surface area (Å²) in [5.74, 6) is 0.636. The smallest absolute Gasteiger partial charge is 0.310 e. The number of likely N-dealkylation sites (tertiary alicyclic amines) is 1. The summed E-state index contributed by atoms with van der Waals surface area (Å²) in [7, 11) is 0. The lowest BCUT2D eigenvalue weighted by atomic mass is 9.55. The fourth-order valence-corrected chi connectivity index (χ4v) is 6.60. The van der Waals surface area contributed by atoms with Crippen LogP contribution in [-0.2, 0) is 19.0 Å². The Kier molecular flexibility index (Phi) is 4.41. The second kappa shape index (κ2) is 6.57. The van der Waals surface area contributed by atoms with Gasteiger partial charge in [-0.05, 0) is 43.4 Å². The first-order chi connectivity index (χ1) is 13.0. The van der Waals surface area contributed by atoms with Crippen molar-refractivity contribution in [2.75, 3.05) is 32.8 Å². The van der Waals surface area contributed by atoms with E-state index in [9.17, 15) is 4.79 Å². The molecular weight excluding hydrogens is 342 g/mol. The second-order valence-corrected chi connectivity index (χ2v) is 9.81. The zero-order valence-corrected chi connectivity index (χ0v) is 16.6. The third kappa shape index (κ3) is 3.06. The first-order valence-electron chi connectivity index (χ1n) is 10.9. The Labute approximate surface area is 162 Å². The third-order valence-corrected chi connectivity index (χ3v) is 8.21. The van der Waals surface area contributed by atoms with Gasteiger partial charge in [-0.15, -0.1) is 0 Å². The minimum absolute atomic E-state index is 0.0220. The Balaban J connectivity index is 1.26. The fourth-order valence-electron chi connectivity index (χ4n) is 6.60. The molecule has 5 fully saturated rings. The van der Waals surface area contributed by atoms with Crippen molar-refractivity contribution in [3.05, 3.63) is 12.2 Å². The Morgan fingerprint density at radius 1 is 1.19 bits per heavy atom. The highest BCUT2D eigenvalue weighted by Gasteiger charge is 2.55. The molecule has 0 aromatic carbocycles. The van der Waals surface area contributed by atoms with Gasteiger partial charge in [-0.2, -0.15) is 0 Å². The van der Waals surface area contributed by atoms with Crippen LogP contribution in [0.15, 0.2) is 12.2 Å². The van der Waals surface area contributed by atoms with Crippen LogP contribution in [0.3, 0.4) is 0 Å². The summed E-state index contributed by atoms with van der Waals surface area (Å²) < 4.78 is 17.6. The number of carbonyl (C=O) groups excluding carboxylic acids is 1. The number of esters is 1. The lowest BCUT2D eigenvalue weighted by Crippen LogP contribution is -2.49. The molecule has 3 saturated heterocycles. The molecule has 0 amide bonds. The van der Waals surface area contributed by atoms with E-state index in [2.05, 4.69) is 18.4 Å². The zero-order valence-electron chi connectivity index (χ0n) is 16.6. The molecule has 5 atom stereocenters. The van der Waals surface area contributed by atoms with Gasteiger partial charge in [0.15, 0.2) is 5.79 Å². The Morgan fingerprint density at radius 3 is 2.67 bits per heavy atom. The highest BCUT2D eigenvalue weighted by Crippen LogP contribution is 2.57. The van der Waals surface area contributed by atoms with Gasteiger partial charge in [0, 0.05) is 38.4 Å². The average molecular weight is 376 g/mol. The molecule has 0 bridgehead atoms. The number of nitrogens with zero attached hydrogens (tertiary/aromatic N) is 1. The first-order valence-corrected chi connectivity index (χ1v) is 10.9. The van der Waals surface area contributed by atoms with Crippen LogP contribution >= 0.6 is 0 Å². The molecule has 5 heteroatoms. The van der Waals surface area contributed by atoms with Crippen molar-refractivity contribution in [1.29, 1.82) is 0 Å². The third-order valence-electron chi connectivity index (χ3n) is 8.21. The van der Waals surface area contributed by atoms with E-state index in [0.717, 1.165) is 51.7 Å². The Bertz CT molecular complexity index is 618. The molecule has 5 aliphatic rings. The number of hydrogen-bond acceptors (Lipinski definition) is 5. The summed E-state index contributed by atoms with van der Waals surface area (Å²) in [6, 6.07) is 0. The van der Waals surface area contributed by atoms with Crippen LogP contribution in [0.4, 0.5) is 0 Å². The van der Waals surface area contributed by atoms with Crippen molar-refractivity contribution in [1.82, 2.24) is 4.90 Å². The molecule has 0 N–H and O–H groups in total. The minimum Gasteiger partial charge on any atom is -0.462 e. The maximum atomic E-state index is 12.7. The standard InChI is InChI=1S/C22H33NO4/c1-15-4-3-5-21(2)13-19-16(12-18(15)21)17(20(24)27-19)14-23-8-6-22(7-9-23)25-10-11-26-22/h16-19H,1,3-14H2,2H3/t16-,17?,18+,19-,21-/m1/s1. The highest BCUT2D eigenvalue weighted by molar-refractivity contribution is 5.75. The summed E-state index contributed by atoms with van der Waals surface area (Å²) in [4.78, 5) is 15.2. The van der Waals surface area contributed by atoms with Crippen LogP contribution < -0.4 is 0 Å². The van der Waals surface area contributed by atoms with E-state index in [1.165, 1.54) is 18.4 Å². The van der Waals surface area contributed by atoms with E-state index in [1.807, 2.05) is 0 Å². The molecule has 1 spiro atoms. The molecule has 0 aromatic heterocycles. The molecule has 1 unspecified atom stereocenters. The zero-order chi connectivity index (χ0) is 18.6. The van der Waals surface area contributed by atoms with Crippen LogP contribution in [0.5, 0.6) is 0 Å². The molecule has 2 aliphatic carbocycles. The summed E-state index contributed by atoms with van der Waals surface area (Å²) >= 11 is 0. The van der Waals surface area contributed by atoms with Gasteiger partial charge in [0.1, 0.15) is 6.10 Å². The monoisotopic (exact) mass is 375 g/mol. The van der Waals surface area contributed by atoms with Crippen LogP contribution in [0.2, 0.25) is 0 Å². The lowest BCUT2D eigenvalue weighted by molar-refractivity contribution is -0.186. The normalized spacial score (nSPS) is 44.2. The number of ether oxygens (including phenoxy) is 3. The Morgan fingerprint density at radius 2 is 1.93 bits per heavy atom. The summed E-state index contributed by atoms with van der Waals surface area (Å²) in [6.07, 6.45) is 7.67. The molecule has 2 saturated carbocycles. The van der Waals surface area contributed by atoms with Gasteiger partial charge in [0.2, 0.25) is 0 Å². The van der Waals surface area contributed by atoms with Gasteiger partial charge in [-0.3, -0.25) is 4.79 Å². The van der Waals surface area contributed by atoms with Crippen molar-refractivity contribution < 1.29 is 19.0 Å². The predicted octanol–water partition coefficient (Wildman–Crippen LogP) is 3.14. The van der Waals surface area contributed by atoms with E-state index in [4.69, 9.17) is 14.2 Å². The van der Waals surface area contributed by atoms with E-state index in [-0.39, 0.29) is 29.2 Å². The quantitative estimate of drug-likeness (QED) is 0.548. The number of carbonyl (C=O) groups is 1. The molecule has 5 rings (SSSR count). The number of rotatable bonds is 2. The van der Waals surface area contributed by atoms with Crippen LogP contribution in [0.1, 0.15) is 51.9 Å². The molecule has 27 heavy (non-hydrogen) atoms. The number of allylic oxidation sites excluding steroid dienone is 1. The molecule has 0 radical (unpaired) electrons. The molecule has 0 aromatic rings. The predicted molar refractivity (Wildman–Crippen MR) is 101 cm³/mol. The largest absolute Gasteiger partial charge is 0.462 e. The van der Waals surface area contributed by atoms with Gasteiger partial charge >= 0.3 is 5.97 Å². The maximum Gasteiger partial charge on any atom is 0.310 e. The van der Waals surface area contributed by atoms with Crippen molar-refractivity contribution in [3.8, 4) is 0 Å². The summed E-state index contributed by atoms with van der Waals surface area (Å²) in [5.41, 5.74) is 1.69. The molecule has 3 aliphatic heterocycles. The van der Waals surface area contributed by atoms with E-state index in [0.29, 0.717) is 25.0 Å². The molecule has 5 nitrogen and oxygen atoms in total. The maximum absolute atomic E-state index is 12.7. The molecule has 3 heterocycles. The van der Waals surface area contributed by atoms with E-state index >= 15 is 0 Å². The number of fused-ring (bicyclic) bond motifs is 2. The average Bonchev–Trinajstić information content (AvgIpc) is 3.20. The van der Waals surface area contributed by atoms with Gasteiger partial charge in [-0.1, -0.05) is 19.1 Å². The summed E-state index contributed by atoms with van der Waals surface area (Å²) in [6.45, 7) is 10.9. The fraction of sp³-hybridized carbons (Fsp3) is 0.864. The first kappa shape index (κ1) is 18.1. The SMILES string of the molecule is C=C1CCC[C@]2(C)C[C@H]3OC(=O)C(CN4CCC5(CC4)OCCO5)[C@H]3C[C@@H]12. The summed E-state index contributed by atoms with van der Waals surface area (Å²) in [5, 5.41) is 0. The van der Waals surface area contributed by atoms with E-state index < -0.39 is 0 Å². The number of hydrogen-bond donors (Lipinski definition) is 0. The topological polar surface area (TPSA) is 48.0 Å². The van der Waals surface area contributed by atoms with Crippen LogP contribution in [-0.4, -0.2) is 55.6 Å². The van der Waals surface area contributed by atoms with Crippen LogP contribution in [0, 0.1) is 23.2 Å². The van der Waals surface area contributed by atoms with Gasteiger partial charge in [-0.25, -0.2) is 0 Å². The minimum atomic E-state index is -0.346. The molecule has 150 valence electrons.